The average Bonchev–Trinajstić information content (AvgIpc) is 3.25. The van der Waals surface area contributed by atoms with E-state index in [0.29, 0.717) is 6.04 Å². The van der Waals surface area contributed by atoms with E-state index in [1.807, 2.05) is 0 Å². The van der Waals surface area contributed by atoms with Gasteiger partial charge in [-0.3, -0.25) is 0 Å². The fourth-order valence-corrected chi connectivity index (χ4v) is 3.19. The van der Waals surface area contributed by atoms with Crippen molar-refractivity contribution in [1.82, 2.24) is 5.32 Å². The molecule has 2 aromatic carbocycles. The zero-order chi connectivity index (χ0) is 13.9. The first-order chi connectivity index (χ1) is 9.70. The van der Waals surface area contributed by atoms with Gasteiger partial charge >= 0.3 is 0 Å². The van der Waals surface area contributed by atoms with Crippen LogP contribution in [0, 0.1) is 6.92 Å². The summed E-state index contributed by atoms with van der Waals surface area (Å²) in [5.74, 6) is 0. The van der Waals surface area contributed by atoms with Gasteiger partial charge in [0.1, 0.15) is 0 Å². The van der Waals surface area contributed by atoms with Gasteiger partial charge in [-0.25, -0.2) is 0 Å². The predicted molar refractivity (Wildman–Crippen MR) is 86.6 cm³/mol. The Bertz CT molecular complexity index is 590. The number of hydrogen-bond donors (Lipinski definition) is 1. The van der Waals surface area contributed by atoms with Gasteiger partial charge in [0.25, 0.3) is 0 Å². The van der Waals surface area contributed by atoms with Crippen LogP contribution in [0.1, 0.15) is 24.0 Å². The van der Waals surface area contributed by atoms with E-state index in [9.17, 15) is 0 Å². The first-order valence-electron chi connectivity index (χ1n) is 6.97. The summed E-state index contributed by atoms with van der Waals surface area (Å²) in [5, 5.41) is 4.35. The third kappa shape index (κ3) is 3.78. The highest BCUT2D eigenvalue weighted by atomic mass is 35.5. The summed E-state index contributed by atoms with van der Waals surface area (Å²) in [4.78, 5) is 2.43. The fraction of sp³-hybridized carbons (Fsp3) is 0.294. The van der Waals surface area contributed by atoms with Crippen molar-refractivity contribution < 1.29 is 0 Å². The van der Waals surface area contributed by atoms with Crippen molar-refractivity contribution in [3.8, 4) is 0 Å². The Labute approximate surface area is 129 Å². The highest BCUT2D eigenvalue weighted by molar-refractivity contribution is 7.99. The van der Waals surface area contributed by atoms with Gasteiger partial charge < -0.3 is 5.32 Å². The maximum Gasteiger partial charge on any atom is 0.0462 e. The summed E-state index contributed by atoms with van der Waals surface area (Å²) in [7, 11) is 0. The minimum absolute atomic E-state index is 0.715. The van der Waals surface area contributed by atoms with Crippen LogP contribution in [0.25, 0.3) is 0 Å². The van der Waals surface area contributed by atoms with Crippen LogP contribution >= 0.6 is 23.4 Å². The lowest BCUT2D eigenvalue weighted by atomic mass is 10.2. The van der Waals surface area contributed by atoms with Gasteiger partial charge in [-0.15, -0.1) is 0 Å². The maximum atomic E-state index is 6.37. The molecule has 0 heterocycles. The van der Waals surface area contributed by atoms with Crippen molar-refractivity contribution >= 4 is 23.4 Å². The lowest BCUT2D eigenvalue weighted by molar-refractivity contribution is 0.687. The molecule has 1 nitrogen and oxygen atoms in total. The molecule has 0 amide bonds. The largest absolute Gasteiger partial charge is 0.310 e. The molecule has 0 atom stereocenters. The number of hydrogen-bond acceptors (Lipinski definition) is 2. The normalized spacial score (nSPS) is 14.5. The van der Waals surface area contributed by atoms with E-state index in [1.165, 1.54) is 33.8 Å². The molecule has 0 spiro atoms. The summed E-state index contributed by atoms with van der Waals surface area (Å²) >= 11 is 8.12. The van der Waals surface area contributed by atoms with Crippen LogP contribution in [0.15, 0.2) is 52.3 Å². The standard InChI is InChI=1S/C17H18ClNS/c1-12-2-7-15(8-3-12)20-16-9-4-13(17(18)10-16)11-19-14-5-6-14/h2-4,7-10,14,19H,5-6,11H2,1H3. The summed E-state index contributed by atoms with van der Waals surface area (Å²) in [6, 6.07) is 15.6. The first kappa shape index (κ1) is 14.0. The predicted octanol–water partition coefficient (Wildman–Crippen LogP) is 5.05. The second kappa shape index (κ2) is 6.21. The molecule has 2 aromatic rings. The van der Waals surface area contributed by atoms with E-state index < -0.39 is 0 Å². The van der Waals surface area contributed by atoms with Crippen molar-refractivity contribution in [2.45, 2.75) is 42.1 Å². The zero-order valence-corrected chi connectivity index (χ0v) is 13.1. The third-order valence-corrected chi connectivity index (χ3v) is 4.79. The quantitative estimate of drug-likeness (QED) is 0.829. The Hall–Kier alpha value is -0.960. The SMILES string of the molecule is Cc1ccc(Sc2ccc(CNC3CC3)c(Cl)c2)cc1. The maximum absolute atomic E-state index is 6.37. The molecule has 1 saturated carbocycles. The van der Waals surface area contributed by atoms with Crippen LogP contribution < -0.4 is 5.32 Å². The van der Waals surface area contributed by atoms with E-state index in [4.69, 9.17) is 11.6 Å². The van der Waals surface area contributed by atoms with Crippen molar-refractivity contribution in [2.75, 3.05) is 0 Å². The molecule has 0 radical (unpaired) electrons. The molecule has 3 rings (SSSR count). The average molecular weight is 304 g/mol. The molecular formula is C17H18ClNS. The van der Waals surface area contributed by atoms with Crippen LogP contribution in [0.5, 0.6) is 0 Å². The van der Waals surface area contributed by atoms with Crippen LogP contribution in [0.2, 0.25) is 5.02 Å². The topological polar surface area (TPSA) is 12.0 Å². The highest BCUT2D eigenvalue weighted by Gasteiger charge is 2.20. The number of nitrogens with one attached hydrogen (secondary N) is 1. The lowest BCUT2D eigenvalue weighted by Gasteiger charge is -2.08. The molecule has 1 N–H and O–H groups in total. The number of aryl methyl sites for hydroxylation is 1. The fourth-order valence-electron chi connectivity index (χ4n) is 2.02. The molecule has 0 bridgehead atoms. The Morgan fingerprint density at radius 2 is 1.80 bits per heavy atom. The third-order valence-electron chi connectivity index (χ3n) is 3.44. The van der Waals surface area contributed by atoms with Crippen LogP contribution in [-0.2, 0) is 6.54 Å². The van der Waals surface area contributed by atoms with Crippen LogP contribution in [-0.4, -0.2) is 6.04 Å². The molecule has 0 aliphatic heterocycles. The Morgan fingerprint density at radius 3 is 2.45 bits per heavy atom. The summed E-state index contributed by atoms with van der Waals surface area (Å²) in [5.41, 5.74) is 2.47. The second-order valence-electron chi connectivity index (χ2n) is 5.32. The molecule has 0 aromatic heterocycles. The smallest absolute Gasteiger partial charge is 0.0462 e. The molecular weight excluding hydrogens is 286 g/mol. The van der Waals surface area contributed by atoms with E-state index in [0.717, 1.165) is 11.6 Å². The number of benzene rings is 2. The van der Waals surface area contributed by atoms with E-state index >= 15 is 0 Å². The van der Waals surface area contributed by atoms with E-state index in [1.54, 1.807) is 11.8 Å². The second-order valence-corrected chi connectivity index (χ2v) is 6.88. The van der Waals surface area contributed by atoms with Crippen LogP contribution in [0.3, 0.4) is 0 Å². The summed E-state index contributed by atoms with van der Waals surface area (Å²) in [6.45, 7) is 2.98. The Balaban J connectivity index is 1.67. The molecule has 1 aliphatic carbocycles. The van der Waals surface area contributed by atoms with Gasteiger partial charge in [0, 0.05) is 27.4 Å². The Kier molecular flexibility index (Phi) is 4.35. The zero-order valence-electron chi connectivity index (χ0n) is 11.5. The monoisotopic (exact) mass is 303 g/mol. The van der Waals surface area contributed by atoms with Gasteiger partial charge in [0.2, 0.25) is 0 Å². The first-order valence-corrected chi connectivity index (χ1v) is 8.16. The van der Waals surface area contributed by atoms with Crippen LogP contribution in [0.4, 0.5) is 0 Å². The van der Waals surface area contributed by atoms with Gasteiger partial charge in [0.05, 0.1) is 0 Å². The number of halogens is 1. The number of rotatable bonds is 5. The van der Waals surface area contributed by atoms with Gasteiger partial charge in [0.15, 0.2) is 0 Å². The minimum Gasteiger partial charge on any atom is -0.310 e. The van der Waals surface area contributed by atoms with Gasteiger partial charge in [-0.05, 0) is 49.6 Å². The Morgan fingerprint density at radius 1 is 1.10 bits per heavy atom. The molecule has 104 valence electrons. The van der Waals surface area contributed by atoms with Crippen molar-refractivity contribution in [3.05, 3.63) is 58.6 Å². The molecule has 0 unspecified atom stereocenters. The minimum atomic E-state index is 0.715. The summed E-state index contributed by atoms with van der Waals surface area (Å²) in [6.07, 6.45) is 2.61. The summed E-state index contributed by atoms with van der Waals surface area (Å²) < 4.78 is 0. The molecule has 20 heavy (non-hydrogen) atoms. The molecule has 1 aliphatic rings. The molecule has 0 saturated heterocycles. The van der Waals surface area contributed by atoms with Crippen molar-refractivity contribution in [1.29, 1.82) is 0 Å². The van der Waals surface area contributed by atoms with E-state index in [2.05, 4.69) is 54.7 Å². The highest BCUT2D eigenvalue weighted by Crippen LogP contribution is 2.31. The van der Waals surface area contributed by atoms with Crippen molar-refractivity contribution in [3.63, 3.8) is 0 Å². The van der Waals surface area contributed by atoms with Crippen molar-refractivity contribution in [2.24, 2.45) is 0 Å². The van der Waals surface area contributed by atoms with Gasteiger partial charge in [-0.1, -0.05) is 47.1 Å². The lowest BCUT2D eigenvalue weighted by Crippen LogP contribution is -2.15. The van der Waals surface area contributed by atoms with E-state index in [-0.39, 0.29) is 0 Å². The molecule has 3 heteroatoms. The van der Waals surface area contributed by atoms with Gasteiger partial charge in [-0.2, -0.15) is 0 Å². The molecule has 1 fully saturated rings.